The van der Waals surface area contributed by atoms with Crippen LogP contribution in [-0.2, 0) is 9.59 Å². The van der Waals surface area contributed by atoms with Gasteiger partial charge in [0.15, 0.2) is 0 Å². The standard InChI is InChI=1S/C15H21NO3/c1-10(2)15(19)16(9-8-14(17)18)13-7-5-6-11(3)12(13)4/h5-7,10H,8-9H2,1-4H3,(H,17,18). The molecule has 0 saturated heterocycles. The molecule has 4 nitrogen and oxygen atoms in total. The van der Waals surface area contributed by atoms with Gasteiger partial charge in [-0.15, -0.1) is 0 Å². The van der Waals surface area contributed by atoms with Crippen molar-refractivity contribution in [2.45, 2.75) is 34.1 Å². The number of carboxylic acid groups (broad SMARTS) is 1. The smallest absolute Gasteiger partial charge is 0.305 e. The molecular weight excluding hydrogens is 242 g/mol. The molecule has 0 heterocycles. The Hall–Kier alpha value is -1.84. The molecule has 1 amide bonds. The van der Waals surface area contributed by atoms with E-state index >= 15 is 0 Å². The molecule has 0 aromatic heterocycles. The van der Waals surface area contributed by atoms with Gasteiger partial charge >= 0.3 is 5.97 Å². The van der Waals surface area contributed by atoms with Gasteiger partial charge in [-0.05, 0) is 31.0 Å². The van der Waals surface area contributed by atoms with Crippen LogP contribution in [0.5, 0.6) is 0 Å². The fourth-order valence-corrected chi connectivity index (χ4v) is 1.90. The molecule has 0 aliphatic rings. The average molecular weight is 263 g/mol. The SMILES string of the molecule is Cc1cccc(N(CCC(=O)O)C(=O)C(C)C)c1C. The van der Waals surface area contributed by atoms with E-state index < -0.39 is 5.97 Å². The number of carboxylic acids is 1. The Labute approximate surface area is 114 Å². The van der Waals surface area contributed by atoms with Gasteiger partial charge in [-0.25, -0.2) is 0 Å². The van der Waals surface area contributed by atoms with E-state index in [0.717, 1.165) is 16.8 Å². The van der Waals surface area contributed by atoms with Crippen molar-refractivity contribution in [2.75, 3.05) is 11.4 Å². The van der Waals surface area contributed by atoms with Crippen LogP contribution >= 0.6 is 0 Å². The summed E-state index contributed by atoms with van der Waals surface area (Å²) in [6, 6.07) is 5.73. The number of hydrogen-bond acceptors (Lipinski definition) is 2. The lowest BCUT2D eigenvalue weighted by Crippen LogP contribution is -2.36. The van der Waals surface area contributed by atoms with Crippen molar-refractivity contribution in [3.63, 3.8) is 0 Å². The van der Waals surface area contributed by atoms with Gasteiger partial charge in [-0.1, -0.05) is 26.0 Å². The first-order chi connectivity index (χ1) is 8.84. The third-order valence-electron chi connectivity index (χ3n) is 3.18. The normalized spacial score (nSPS) is 10.6. The van der Waals surface area contributed by atoms with Crippen molar-refractivity contribution in [1.29, 1.82) is 0 Å². The molecular formula is C15H21NO3. The van der Waals surface area contributed by atoms with Crippen molar-refractivity contribution < 1.29 is 14.7 Å². The number of rotatable bonds is 5. The lowest BCUT2D eigenvalue weighted by Gasteiger charge is -2.26. The summed E-state index contributed by atoms with van der Waals surface area (Å²) in [5, 5.41) is 8.82. The summed E-state index contributed by atoms with van der Waals surface area (Å²) in [6.07, 6.45) is -0.0498. The third kappa shape index (κ3) is 3.81. The molecule has 0 unspecified atom stereocenters. The van der Waals surface area contributed by atoms with Gasteiger partial charge < -0.3 is 10.0 Å². The second kappa shape index (κ2) is 6.36. The van der Waals surface area contributed by atoms with E-state index in [0.29, 0.717) is 0 Å². The van der Waals surface area contributed by atoms with E-state index in [-0.39, 0.29) is 24.8 Å². The molecule has 104 valence electrons. The summed E-state index contributed by atoms with van der Waals surface area (Å²) in [4.78, 5) is 24.6. The summed E-state index contributed by atoms with van der Waals surface area (Å²) in [6.45, 7) is 7.78. The summed E-state index contributed by atoms with van der Waals surface area (Å²) in [7, 11) is 0. The van der Waals surface area contributed by atoms with Crippen molar-refractivity contribution in [3.05, 3.63) is 29.3 Å². The number of hydrogen-bond donors (Lipinski definition) is 1. The number of nitrogens with zero attached hydrogens (tertiary/aromatic N) is 1. The first-order valence-corrected chi connectivity index (χ1v) is 6.44. The molecule has 0 radical (unpaired) electrons. The van der Waals surface area contributed by atoms with Crippen LogP contribution in [0.25, 0.3) is 0 Å². The number of aliphatic carboxylic acids is 1. The molecule has 1 aromatic carbocycles. The first kappa shape index (κ1) is 15.2. The van der Waals surface area contributed by atoms with Gasteiger partial charge in [-0.3, -0.25) is 9.59 Å². The van der Waals surface area contributed by atoms with E-state index in [4.69, 9.17) is 5.11 Å². The number of carbonyl (C=O) groups is 2. The minimum atomic E-state index is -0.896. The van der Waals surface area contributed by atoms with E-state index in [1.165, 1.54) is 0 Å². The van der Waals surface area contributed by atoms with Crippen molar-refractivity contribution in [2.24, 2.45) is 5.92 Å². The predicted molar refractivity (Wildman–Crippen MR) is 75.4 cm³/mol. The second-order valence-corrected chi connectivity index (χ2v) is 5.01. The fourth-order valence-electron chi connectivity index (χ4n) is 1.90. The monoisotopic (exact) mass is 263 g/mol. The van der Waals surface area contributed by atoms with Crippen LogP contribution in [0, 0.1) is 19.8 Å². The minimum Gasteiger partial charge on any atom is -0.481 e. The third-order valence-corrected chi connectivity index (χ3v) is 3.18. The summed E-state index contributed by atoms with van der Waals surface area (Å²) in [5.74, 6) is -1.10. The zero-order chi connectivity index (χ0) is 14.6. The maximum absolute atomic E-state index is 12.3. The number of aryl methyl sites for hydroxylation is 1. The highest BCUT2D eigenvalue weighted by Gasteiger charge is 2.21. The number of amides is 1. The van der Waals surface area contributed by atoms with Gasteiger partial charge in [0, 0.05) is 18.2 Å². The topological polar surface area (TPSA) is 57.6 Å². The van der Waals surface area contributed by atoms with Gasteiger partial charge in [0.1, 0.15) is 0 Å². The van der Waals surface area contributed by atoms with Crippen molar-refractivity contribution in [3.8, 4) is 0 Å². The van der Waals surface area contributed by atoms with E-state index in [1.807, 2.05) is 45.9 Å². The second-order valence-electron chi connectivity index (χ2n) is 5.01. The van der Waals surface area contributed by atoms with Crippen LogP contribution in [0.15, 0.2) is 18.2 Å². The minimum absolute atomic E-state index is 0.0463. The van der Waals surface area contributed by atoms with Crippen LogP contribution in [-0.4, -0.2) is 23.5 Å². The first-order valence-electron chi connectivity index (χ1n) is 6.44. The van der Waals surface area contributed by atoms with Crippen LogP contribution in [0.4, 0.5) is 5.69 Å². The van der Waals surface area contributed by atoms with Gasteiger partial charge in [0.2, 0.25) is 5.91 Å². The Morgan fingerprint density at radius 1 is 1.26 bits per heavy atom. The Morgan fingerprint density at radius 2 is 1.89 bits per heavy atom. The molecule has 0 spiro atoms. The lowest BCUT2D eigenvalue weighted by atomic mass is 10.1. The molecule has 0 atom stereocenters. The maximum Gasteiger partial charge on any atom is 0.305 e. The quantitative estimate of drug-likeness (QED) is 0.888. The van der Waals surface area contributed by atoms with E-state index in [2.05, 4.69) is 0 Å². The summed E-state index contributed by atoms with van der Waals surface area (Å²) in [5.41, 5.74) is 2.91. The zero-order valence-corrected chi connectivity index (χ0v) is 11.9. The van der Waals surface area contributed by atoms with Gasteiger partial charge in [-0.2, -0.15) is 0 Å². The highest BCUT2D eigenvalue weighted by atomic mass is 16.4. The Bertz CT molecular complexity index is 480. The number of benzene rings is 1. The molecule has 1 rings (SSSR count). The average Bonchev–Trinajstić information content (AvgIpc) is 2.33. The molecule has 0 aliphatic carbocycles. The van der Waals surface area contributed by atoms with Crippen LogP contribution < -0.4 is 4.90 Å². The van der Waals surface area contributed by atoms with Gasteiger partial charge in [0.25, 0.3) is 0 Å². The number of carbonyl (C=O) groups excluding carboxylic acids is 1. The number of anilines is 1. The molecule has 4 heteroatoms. The van der Waals surface area contributed by atoms with Crippen LogP contribution in [0.3, 0.4) is 0 Å². The molecule has 0 saturated carbocycles. The van der Waals surface area contributed by atoms with Crippen molar-refractivity contribution >= 4 is 17.6 Å². The Balaban J connectivity index is 3.11. The molecule has 0 fully saturated rings. The predicted octanol–water partition coefficient (Wildman–Crippen LogP) is 2.77. The van der Waals surface area contributed by atoms with Crippen LogP contribution in [0.1, 0.15) is 31.4 Å². The van der Waals surface area contributed by atoms with Crippen LogP contribution in [0.2, 0.25) is 0 Å². The molecule has 1 N–H and O–H groups in total. The molecule has 0 aliphatic heterocycles. The lowest BCUT2D eigenvalue weighted by molar-refractivity contribution is -0.136. The van der Waals surface area contributed by atoms with Gasteiger partial charge in [0.05, 0.1) is 6.42 Å². The maximum atomic E-state index is 12.3. The highest BCUT2D eigenvalue weighted by Crippen LogP contribution is 2.24. The highest BCUT2D eigenvalue weighted by molar-refractivity contribution is 5.95. The Morgan fingerprint density at radius 3 is 2.42 bits per heavy atom. The van der Waals surface area contributed by atoms with E-state index in [1.54, 1.807) is 4.90 Å². The summed E-state index contributed by atoms with van der Waals surface area (Å²) < 4.78 is 0. The molecule has 19 heavy (non-hydrogen) atoms. The molecule has 1 aromatic rings. The zero-order valence-electron chi connectivity index (χ0n) is 11.9. The van der Waals surface area contributed by atoms with E-state index in [9.17, 15) is 9.59 Å². The Kier molecular flexibility index (Phi) is 5.10. The van der Waals surface area contributed by atoms with Crippen molar-refractivity contribution in [1.82, 2.24) is 0 Å². The fraction of sp³-hybridized carbons (Fsp3) is 0.467. The summed E-state index contributed by atoms with van der Waals surface area (Å²) >= 11 is 0. The molecule has 0 bridgehead atoms. The largest absolute Gasteiger partial charge is 0.481 e.